The van der Waals surface area contributed by atoms with Gasteiger partial charge in [-0.1, -0.05) is 0 Å². The van der Waals surface area contributed by atoms with Gasteiger partial charge in [0.2, 0.25) is 0 Å². The summed E-state index contributed by atoms with van der Waals surface area (Å²) in [6.45, 7) is 0. The lowest BCUT2D eigenvalue weighted by molar-refractivity contribution is 0.0699. The number of nitrogens with one attached hydrogen (secondary N) is 2. The third kappa shape index (κ3) is 2.15. The van der Waals surface area contributed by atoms with Gasteiger partial charge in [-0.15, -0.1) is 0 Å². The van der Waals surface area contributed by atoms with E-state index in [1.807, 2.05) is 0 Å². The predicted octanol–water partition coefficient (Wildman–Crippen LogP) is 3.97. The predicted molar refractivity (Wildman–Crippen MR) is 101 cm³/mol. The number of phenols is 2. The van der Waals surface area contributed by atoms with Gasteiger partial charge in [0.15, 0.2) is 0 Å². The minimum absolute atomic E-state index is 0.0540. The van der Waals surface area contributed by atoms with Gasteiger partial charge in [-0.05, 0) is 30.3 Å². The van der Waals surface area contributed by atoms with Gasteiger partial charge in [0.1, 0.15) is 11.5 Å². The number of aromatic amines is 2. The number of aromatic nitrogens is 3. The van der Waals surface area contributed by atoms with Crippen LogP contribution in [0.1, 0.15) is 10.4 Å². The number of carboxylic acid groups (broad SMARTS) is 1. The largest absolute Gasteiger partial charge is 0.508 e. The molecule has 5 rings (SSSR count). The number of rotatable bonds is 2. The number of carboxylic acids is 1. The zero-order valence-electron chi connectivity index (χ0n) is 13.8. The van der Waals surface area contributed by atoms with Gasteiger partial charge >= 0.3 is 5.97 Å². The van der Waals surface area contributed by atoms with Crippen LogP contribution >= 0.6 is 0 Å². The van der Waals surface area contributed by atoms with Crippen LogP contribution in [0, 0.1) is 0 Å². The topological polar surface area (TPSA) is 122 Å². The average Bonchev–Trinajstić information content (AvgIpc) is 3.21. The Morgan fingerprint density at radius 3 is 2.52 bits per heavy atom. The van der Waals surface area contributed by atoms with Crippen LogP contribution in [0.5, 0.6) is 11.5 Å². The molecule has 0 fully saturated rings. The van der Waals surface area contributed by atoms with E-state index in [-0.39, 0.29) is 17.1 Å². The summed E-state index contributed by atoms with van der Waals surface area (Å²) >= 11 is 0. The van der Waals surface area contributed by atoms with E-state index < -0.39 is 5.97 Å². The number of benzene rings is 2. The number of aromatic carboxylic acids is 1. The van der Waals surface area contributed by atoms with Crippen molar-refractivity contribution in [2.45, 2.75) is 0 Å². The molecule has 0 aliphatic rings. The van der Waals surface area contributed by atoms with Crippen LogP contribution in [0.15, 0.2) is 48.8 Å². The summed E-state index contributed by atoms with van der Waals surface area (Å²) in [5.74, 6) is -0.939. The summed E-state index contributed by atoms with van der Waals surface area (Å²) in [5, 5.41) is 31.3. The number of fused-ring (bicyclic) bond motifs is 4. The Labute approximate surface area is 151 Å². The van der Waals surface area contributed by atoms with Gasteiger partial charge in [0, 0.05) is 45.0 Å². The lowest BCUT2D eigenvalue weighted by atomic mass is 10.00. The Bertz CT molecular complexity index is 1380. The van der Waals surface area contributed by atoms with E-state index in [1.165, 1.54) is 6.07 Å². The number of hydrogen-bond donors (Lipinski definition) is 5. The number of pyridine rings is 1. The maximum Gasteiger partial charge on any atom is 0.338 e. The van der Waals surface area contributed by atoms with Gasteiger partial charge in [-0.25, -0.2) is 4.79 Å². The zero-order chi connectivity index (χ0) is 18.7. The molecule has 0 aliphatic carbocycles. The summed E-state index contributed by atoms with van der Waals surface area (Å²) in [4.78, 5) is 22.8. The Morgan fingerprint density at radius 1 is 0.926 bits per heavy atom. The second kappa shape index (κ2) is 5.25. The van der Waals surface area contributed by atoms with Gasteiger partial charge in [-0.3, -0.25) is 4.98 Å². The molecule has 3 heterocycles. The minimum atomic E-state index is -1.11. The van der Waals surface area contributed by atoms with E-state index in [0.29, 0.717) is 38.6 Å². The van der Waals surface area contributed by atoms with Crippen LogP contribution in [-0.4, -0.2) is 36.2 Å². The molecule has 0 bridgehead atoms. The molecule has 0 saturated carbocycles. The van der Waals surface area contributed by atoms with Crippen molar-refractivity contribution in [2.24, 2.45) is 0 Å². The number of phenolic OH excluding ortho intramolecular Hbond substituents is 2. The summed E-state index contributed by atoms with van der Waals surface area (Å²) in [6, 6.07) is 9.61. The molecule has 0 spiro atoms. The fraction of sp³-hybridized carbons (Fsp3) is 0. The molecular weight excluding hydrogens is 346 g/mol. The number of H-pyrrole nitrogens is 2. The summed E-state index contributed by atoms with van der Waals surface area (Å²) in [6.07, 6.45) is 3.27. The van der Waals surface area contributed by atoms with Gasteiger partial charge in [0.05, 0.1) is 23.0 Å². The summed E-state index contributed by atoms with van der Waals surface area (Å²) in [7, 11) is 0. The third-order valence-electron chi connectivity index (χ3n) is 4.76. The molecule has 2 aromatic carbocycles. The molecule has 0 unspecified atom stereocenters. The summed E-state index contributed by atoms with van der Waals surface area (Å²) < 4.78 is 0. The van der Waals surface area contributed by atoms with Crippen molar-refractivity contribution in [2.75, 3.05) is 0 Å². The lowest BCUT2D eigenvalue weighted by Crippen LogP contribution is -2.02. The standard InChI is InChI=1S/C20H13N3O4/c24-9-2-4-14-12(5-9)17-16(23-14)8-22-19(18(17)20(26)27)13-7-21-15-6-10(25)1-3-11(13)15/h1-8,21,23-25H,(H,26,27). The maximum atomic E-state index is 12.2. The van der Waals surface area contributed by atoms with Crippen LogP contribution in [-0.2, 0) is 0 Å². The van der Waals surface area contributed by atoms with Crippen molar-refractivity contribution in [1.29, 1.82) is 0 Å². The highest BCUT2D eigenvalue weighted by Gasteiger charge is 2.22. The Hall–Kier alpha value is -4.00. The van der Waals surface area contributed by atoms with E-state index in [1.54, 1.807) is 42.7 Å². The minimum Gasteiger partial charge on any atom is -0.508 e. The number of aromatic hydroxyl groups is 2. The fourth-order valence-electron chi connectivity index (χ4n) is 3.60. The van der Waals surface area contributed by atoms with Gasteiger partial charge < -0.3 is 25.3 Å². The van der Waals surface area contributed by atoms with E-state index in [9.17, 15) is 20.1 Å². The van der Waals surface area contributed by atoms with Crippen LogP contribution in [0.25, 0.3) is 44.0 Å². The van der Waals surface area contributed by atoms with Crippen molar-refractivity contribution in [3.05, 3.63) is 54.4 Å². The molecule has 3 aromatic heterocycles. The first-order chi connectivity index (χ1) is 13.0. The van der Waals surface area contributed by atoms with Crippen LogP contribution in [0.3, 0.4) is 0 Å². The van der Waals surface area contributed by atoms with E-state index in [2.05, 4.69) is 15.0 Å². The smallest absolute Gasteiger partial charge is 0.338 e. The van der Waals surface area contributed by atoms with Gasteiger partial charge in [0.25, 0.3) is 0 Å². The highest BCUT2D eigenvalue weighted by molar-refractivity contribution is 6.19. The van der Waals surface area contributed by atoms with E-state index in [0.717, 1.165) is 5.39 Å². The fourth-order valence-corrected chi connectivity index (χ4v) is 3.60. The molecule has 0 atom stereocenters. The van der Waals surface area contributed by atoms with Crippen LogP contribution in [0.4, 0.5) is 0 Å². The molecular formula is C20H13N3O4. The molecule has 7 heteroatoms. The van der Waals surface area contributed by atoms with E-state index >= 15 is 0 Å². The first kappa shape index (κ1) is 15.3. The Balaban J connectivity index is 1.92. The van der Waals surface area contributed by atoms with Crippen LogP contribution in [0.2, 0.25) is 0 Å². The molecule has 0 radical (unpaired) electrons. The molecule has 0 saturated heterocycles. The molecule has 5 aromatic rings. The molecule has 27 heavy (non-hydrogen) atoms. The highest BCUT2D eigenvalue weighted by Crippen LogP contribution is 2.37. The SMILES string of the molecule is O=C(O)c1c(-c2c[nH]c3cc(O)ccc23)ncc2[nH]c3ccc(O)cc3c12. The Kier molecular flexibility index (Phi) is 2.97. The number of carbonyl (C=O) groups is 1. The monoisotopic (exact) mass is 359 g/mol. The van der Waals surface area contributed by atoms with Crippen molar-refractivity contribution >= 4 is 38.7 Å². The van der Waals surface area contributed by atoms with Crippen molar-refractivity contribution in [1.82, 2.24) is 15.0 Å². The molecule has 5 N–H and O–H groups in total. The quantitative estimate of drug-likeness (QED) is 0.326. The molecule has 132 valence electrons. The first-order valence-electron chi connectivity index (χ1n) is 8.20. The van der Waals surface area contributed by atoms with Crippen LogP contribution < -0.4 is 0 Å². The lowest BCUT2D eigenvalue weighted by Gasteiger charge is -2.07. The first-order valence-corrected chi connectivity index (χ1v) is 8.20. The Morgan fingerprint density at radius 2 is 1.70 bits per heavy atom. The average molecular weight is 359 g/mol. The molecule has 0 aliphatic heterocycles. The third-order valence-corrected chi connectivity index (χ3v) is 4.76. The van der Waals surface area contributed by atoms with Crippen molar-refractivity contribution in [3.63, 3.8) is 0 Å². The van der Waals surface area contributed by atoms with E-state index in [4.69, 9.17) is 0 Å². The number of hydrogen-bond acceptors (Lipinski definition) is 4. The normalized spacial score (nSPS) is 11.6. The number of nitrogens with zero attached hydrogens (tertiary/aromatic N) is 1. The van der Waals surface area contributed by atoms with Crippen molar-refractivity contribution < 1.29 is 20.1 Å². The molecule has 0 amide bonds. The zero-order valence-corrected chi connectivity index (χ0v) is 13.8. The second-order valence-corrected chi connectivity index (χ2v) is 6.36. The summed E-state index contributed by atoms with van der Waals surface area (Å²) in [5.41, 5.74) is 2.97. The maximum absolute atomic E-state index is 12.2. The van der Waals surface area contributed by atoms with Crippen molar-refractivity contribution in [3.8, 4) is 22.8 Å². The van der Waals surface area contributed by atoms with Gasteiger partial charge in [-0.2, -0.15) is 0 Å². The molecule has 7 nitrogen and oxygen atoms in total. The second-order valence-electron chi connectivity index (χ2n) is 6.36. The highest BCUT2D eigenvalue weighted by atomic mass is 16.4.